The van der Waals surface area contributed by atoms with Crippen molar-refractivity contribution in [3.8, 4) is 0 Å². The summed E-state index contributed by atoms with van der Waals surface area (Å²) in [7, 11) is -13.4. The summed E-state index contributed by atoms with van der Waals surface area (Å²) in [6.07, 6.45) is 6.85. The van der Waals surface area contributed by atoms with Crippen molar-refractivity contribution in [3.05, 3.63) is 34.2 Å². The highest BCUT2D eigenvalue weighted by Crippen LogP contribution is 2.36. The quantitative estimate of drug-likeness (QED) is 0.531. The van der Waals surface area contributed by atoms with Gasteiger partial charge in [0.15, 0.2) is 32.4 Å². The van der Waals surface area contributed by atoms with Crippen LogP contribution in [0.2, 0.25) is 0 Å². The van der Waals surface area contributed by atoms with Crippen LogP contribution in [0, 0.1) is 6.92 Å². The molecule has 6 nitrogen and oxygen atoms in total. The van der Waals surface area contributed by atoms with Gasteiger partial charge in [0.25, 0.3) is 0 Å². The normalized spacial score (nSPS) is 13.1. The van der Waals surface area contributed by atoms with Crippen molar-refractivity contribution >= 4 is 20.0 Å². The summed E-state index contributed by atoms with van der Waals surface area (Å²) in [5, 5.41) is 0. The van der Waals surface area contributed by atoms with Crippen LogP contribution in [0.15, 0.2) is 24.5 Å². The number of halogens is 6. The third-order valence-electron chi connectivity index (χ3n) is 2.56. The molecule has 1 aromatic rings. The first-order chi connectivity index (χ1) is 11.5. The molecule has 0 atom stereocenters. The van der Waals surface area contributed by atoms with E-state index in [-0.39, 0.29) is 0 Å². The van der Waals surface area contributed by atoms with Gasteiger partial charge >= 0.3 is 11.0 Å². The van der Waals surface area contributed by atoms with E-state index < -0.39 is 31.1 Å². The van der Waals surface area contributed by atoms with E-state index in [1.807, 2.05) is 0 Å². The molecule has 14 heteroatoms. The van der Waals surface area contributed by atoms with E-state index in [0.29, 0.717) is 0 Å². The van der Waals surface area contributed by atoms with Crippen molar-refractivity contribution in [1.82, 2.24) is 0 Å². The number of aromatic nitrogens is 1. The second-order valence-corrected chi connectivity index (χ2v) is 8.31. The Morgan fingerprint density at radius 3 is 1.81 bits per heavy atom. The van der Waals surface area contributed by atoms with Crippen molar-refractivity contribution < 1.29 is 47.7 Å². The number of pyridine rings is 1. The Morgan fingerprint density at radius 2 is 1.46 bits per heavy atom. The van der Waals surface area contributed by atoms with Crippen molar-refractivity contribution in [2.45, 2.75) is 44.3 Å². The van der Waals surface area contributed by atoms with Crippen LogP contribution in [0.25, 0.3) is 4.13 Å². The summed E-state index contributed by atoms with van der Waals surface area (Å²) in [5.74, 6) is 0. The number of rotatable bonds is 5. The van der Waals surface area contributed by atoms with Crippen LogP contribution in [0.3, 0.4) is 0 Å². The molecule has 0 aromatic carbocycles. The van der Waals surface area contributed by atoms with Gasteiger partial charge in [0.05, 0.1) is 0 Å². The lowest BCUT2D eigenvalue weighted by Gasteiger charge is -2.22. The van der Waals surface area contributed by atoms with E-state index in [1.54, 1.807) is 0 Å². The lowest BCUT2D eigenvalue weighted by molar-refractivity contribution is -0.697. The highest BCUT2D eigenvalue weighted by molar-refractivity contribution is 8.13. The van der Waals surface area contributed by atoms with Crippen LogP contribution in [0.4, 0.5) is 26.3 Å². The molecule has 1 heterocycles. The molecule has 0 fully saturated rings. The topological polar surface area (TPSA) is 86.3 Å². The molecule has 1 aromatic heterocycles. The zero-order chi connectivity index (χ0) is 20.8. The Balaban J connectivity index is 0.000000502. The molecule has 0 aliphatic rings. The molecule has 0 N–H and O–H groups in total. The summed E-state index contributed by atoms with van der Waals surface area (Å²) >= 11 is 0. The fourth-order valence-electron chi connectivity index (χ4n) is 1.35. The van der Waals surface area contributed by atoms with Gasteiger partial charge in [-0.05, 0) is 13.0 Å². The van der Waals surface area contributed by atoms with E-state index in [9.17, 15) is 43.2 Å². The highest BCUT2D eigenvalue weighted by atomic mass is 32.3. The predicted molar refractivity (Wildman–Crippen MR) is 79.6 cm³/mol. The second kappa shape index (κ2) is 8.99. The van der Waals surface area contributed by atoms with Crippen LogP contribution in [-0.4, -0.2) is 27.9 Å². The molecule has 0 unspecified atom stereocenters. The molecule has 0 saturated heterocycles. The van der Waals surface area contributed by atoms with Crippen LogP contribution >= 0.6 is 0 Å². The van der Waals surface area contributed by atoms with Gasteiger partial charge in [0.2, 0.25) is 0 Å². The van der Waals surface area contributed by atoms with Crippen LogP contribution in [0.1, 0.15) is 25.3 Å². The summed E-state index contributed by atoms with van der Waals surface area (Å²) in [6.45, 7) is 5.50. The maximum absolute atomic E-state index is 11.4. The fourth-order valence-corrected chi connectivity index (χ4v) is 3.06. The first kappa shape index (κ1) is 24.6. The number of hydrogen-bond acceptors (Lipinski definition) is 4. The average Bonchev–Trinajstić information content (AvgIpc) is 2.42. The Kier molecular flexibility index (Phi) is 8.50. The zero-order valence-corrected chi connectivity index (χ0v) is 15.2. The van der Waals surface area contributed by atoms with Crippen LogP contribution < -0.4 is 4.57 Å². The first-order valence-electron chi connectivity index (χ1n) is 6.86. The monoisotopic (exact) mass is 430 g/mol. The molecule has 0 amide bonds. The number of alkyl halides is 6. The second-order valence-electron chi connectivity index (χ2n) is 4.89. The van der Waals surface area contributed by atoms with Crippen molar-refractivity contribution in [2.75, 3.05) is 0 Å². The third-order valence-corrected chi connectivity index (χ3v) is 5.30. The van der Waals surface area contributed by atoms with E-state index in [0.717, 1.165) is 10.7 Å². The predicted octanol–water partition coefficient (Wildman–Crippen LogP) is 3.14. The Hall–Kier alpha value is -1.41. The molecule has 152 valence electrons. The minimum Gasteiger partial charge on any atom is -0.421 e. The van der Waals surface area contributed by atoms with Gasteiger partial charge in [-0.1, -0.05) is 13.3 Å². The lowest BCUT2D eigenvalue weighted by atomic mass is 10.3. The Bertz CT molecular complexity index is 747. The zero-order valence-electron chi connectivity index (χ0n) is 13.5. The van der Waals surface area contributed by atoms with Crippen molar-refractivity contribution in [1.29, 1.82) is 0 Å². The van der Waals surface area contributed by atoms with Crippen molar-refractivity contribution in [2.24, 2.45) is 0 Å². The van der Waals surface area contributed by atoms with Gasteiger partial charge in [-0.3, -0.25) is 0 Å². The lowest BCUT2D eigenvalue weighted by Crippen LogP contribution is -2.32. The average molecular weight is 430 g/mol. The highest BCUT2D eigenvalue weighted by Gasteiger charge is 2.46. The number of aryl methyl sites for hydroxylation is 2. The van der Waals surface area contributed by atoms with E-state index in [4.69, 9.17) is 0 Å². The molecular weight excluding hydrogens is 414 g/mol. The molecule has 0 saturated carbocycles. The molecular formula is C12H16F6N2O4S2. The van der Waals surface area contributed by atoms with Crippen molar-refractivity contribution in [3.63, 3.8) is 0 Å². The van der Waals surface area contributed by atoms with E-state index in [1.165, 1.54) is 18.4 Å². The minimum atomic E-state index is -6.72. The summed E-state index contributed by atoms with van der Waals surface area (Å²) in [5.41, 5.74) is -11.1. The van der Waals surface area contributed by atoms with Crippen LogP contribution in [0.5, 0.6) is 0 Å². The Morgan fingerprint density at radius 1 is 1.00 bits per heavy atom. The third kappa shape index (κ3) is 7.86. The maximum atomic E-state index is 11.4. The standard InChI is InChI=1S/C10H16N.C2F6NO4S2/c1-3-4-7-11-8-5-6-10(2)9-11;3-1(4,5)14(10,11)9-15(12,13)2(6,7)8/h5-6,8-9H,3-4,7H2,1-2H3;/q+1;-1. The van der Waals surface area contributed by atoms with Crippen LogP contribution in [-0.2, 0) is 26.6 Å². The Labute approximate surface area is 146 Å². The van der Waals surface area contributed by atoms with E-state index in [2.05, 4.69) is 42.9 Å². The van der Waals surface area contributed by atoms with E-state index >= 15 is 0 Å². The summed E-state index contributed by atoms with van der Waals surface area (Å²) in [6, 6.07) is 4.23. The summed E-state index contributed by atoms with van der Waals surface area (Å²) in [4.78, 5) is 0. The number of hydrogen-bond donors (Lipinski definition) is 0. The van der Waals surface area contributed by atoms with Gasteiger partial charge in [-0.2, -0.15) is 26.3 Å². The van der Waals surface area contributed by atoms with Gasteiger partial charge in [0, 0.05) is 18.1 Å². The largest absolute Gasteiger partial charge is 0.480 e. The molecule has 0 aliphatic carbocycles. The van der Waals surface area contributed by atoms with Gasteiger partial charge in [-0.25, -0.2) is 21.4 Å². The SMILES string of the molecule is CCCC[n+]1cccc(C)c1.O=S(=O)([N-]S(=O)(=O)C(F)(F)F)C(F)(F)F. The molecule has 0 radical (unpaired) electrons. The number of sulfonamides is 2. The molecule has 0 aliphatic heterocycles. The molecule has 1 rings (SSSR count). The molecule has 26 heavy (non-hydrogen) atoms. The smallest absolute Gasteiger partial charge is 0.421 e. The van der Waals surface area contributed by atoms with Gasteiger partial charge in [-0.15, -0.1) is 0 Å². The van der Waals surface area contributed by atoms with Gasteiger partial charge < -0.3 is 4.13 Å². The summed E-state index contributed by atoms with van der Waals surface area (Å²) < 4.78 is 111. The number of nitrogens with zero attached hydrogens (tertiary/aromatic N) is 2. The molecule has 0 bridgehead atoms. The first-order valence-corrected chi connectivity index (χ1v) is 9.74. The fraction of sp³-hybridized carbons (Fsp3) is 0.583. The van der Waals surface area contributed by atoms with Gasteiger partial charge in [0.1, 0.15) is 6.54 Å². The molecule has 0 spiro atoms. The number of unbranched alkanes of at least 4 members (excludes halogenated alkanes) is 1. The minimum absolute atomic E-state index is 0.778. The maximum Gasteiger partial charge on any atom is 0.480 e.